The largest absolute Gasteiger partial charge is 0.434 e. The van der Waals surface area contributed by atoms with Crippen molar-refractivity contribution in [1.29, 1.82) is 0 Å². The lowest BCUT2D eigenvalue weighted by atomic mass is 10.2. The molecular formula is C15H9BrN4O. The topological polar surface area (TPSA) is 52.3 Å². The van der Waals surface area contributed by atoms with Gasteiger partial charge in [0.05, 0.1) is 0 Å². The van der Waals surface area contributed by atoms with Gasteiger partial charge in [0.25, 0.3) is 5.88 Å². The van der Waals surface area contributed by atoms with Gasteiger partial charge in [0.15, 0.2) is 5.75 Å². The van der Waals surface area contributed by atoms with Gasteiger partial charge in [0.2, 0.25) is 5.65 Å². The highest BCUT2D eigenvalue weighted by Crippen LogP contribution is 2.29. The molecule has 0 unspecified atom stereocenters. The second-order valence-corrected chi connectivity index (χ2v) is 5.27. The number of aromatic nitrogens is 4. The summed E-state index contributed by atoms with van der Waals surface area (Å²) in [6, 6.07) is 9.69. The summed E-state index contributed by atoms with van der Waals surface area (Å²) in [7, 11) is 0. The Labute approximate surface area is 128 Å². The lowest BCUT2D eigenvalue weighted by Gasteiger charge is -2.08. The standard InChI is InChI=1S/C15H9BrN4O/c16-12-9-20-8-7-18-14(20)15(19-12)21-11-5-1-3-10-4-2-6-17-13(10)11/h1-9H. The van der Waals surface area contributed by atoms with E-state index < -0.39 is 0 Å². The van der Waals surface area contributed by atoms with Crippen molar-refractivity contribution in [2.45, 2.75) is 0 Å². The molecule has 3 heterocycles. The first-order valence-electron chi connectivity index (χ1n) is 6.32. The predicted octanol–water partition coefficient (Wildman–Crippen LogP) is 3.83. The molecule has 21 heavy (non-hydrogen) atoms. The van der Waals surface area contributed by atoms with Crippen LogP contribution in [0.1, 0.15) is 0 Å². The molecule has 0 radical (unpaired) electrons. The number of para-hydroxylation sites is 1. The Morgan fingerprint density at radius 1 is 1.05 bits per heavy atom. The van der Waals surface area contributed by atoms with E-state index in [1.807, 2.05) is 47.1 Å². The van der Waals surface area contributed by atoms with Gasteiger partial charge >= 0.3 is 0 Å². The van der Waals surface area contributed by atoms with Gasteiger partial charge < -0.3 is 4.74 Å². The summed E-state index contributed by atoms with van der Waals surface area (Å²) in [5, 5.41) is 1.02. The molecule has 0 bridgehead atoms. The third kappa shape index (κ3) is 2.13. The van der Waals surface area contributed by atoms with Crippen molar-refractivity contribution >= 4 is 32.5 Å². The number of nitrogens with zero attached hydrogens (tertiary/aromatic N) is 4. The maximum absolute atomic E-state index is 5.96. The molecule has 6 heteroatoms. The van der Waals surface area contributed by atoms with Gasteiger partial charge in [-0.05, 0) is 28.1 Å². The first-order valence-corrected chi connectivity index (χ1v) is 7.11. The molecule has 5 nitrogen and oxygen atoms in total. The third-order valence-corrected chi connectivity index (χ3v) is 3.50. The zero-order valence-corrected chi connectivity index (χ0v) is 12.4. The molecule has 0 aliphatic rings. The van der Waals surface area contributed by atoms with Crippen LogP contribution in [0.25, 0.3) is 16.6 Å². The maximum atomic E-state index is 5.96. The Balaban J connectivity index is 1.89. The summed E-state index contributed by atoms with van der Waals surface area (Å²) in [6.07, 6.45) is 7.12. The molecule has 0 spiro atoms. The van der Waals surface area contributed by atoms with E-state index in [2.05, 4.69) is 30.9 Å². The fraction of sp³-hybridized carbons (Fsp3) is 0. The maximum Gasteiger partial charge on any atom is 0.265 e. The molecule has 0 saturated carbocycles. The second-order valence-electron chi connectivity index (χ2n) is 4.46. The van der Waals surface area contributed by atoms with Gasteiger partial charge in [-0.2, -0.15) is 0 Å². The van der Waals surface area contributed by atoms with E-state index in [0.29, 0.717) is 21.9 Å². The van der Waals surface area contributed by atoms with Crippen LogP contribution in [0.2, 0.25) is 0 Å². The van der Waals surface area contributed by atoms with Crippen molar-refractivity contribution < 1.29 is 4.74 Å². The number of imidazole rings is 1. The monoisotopic (exact) mass is 340 g/mol. The zero-order chi connectivity index (χ0) is 14.2. The van der Waals surface area contributed by atoms with Crippen molar-refractivity contribution in [1.82, 2.24) is 19.4 Å². The molecule has 0 fully saturated rings. The molecule has 3 aromatic heterocycles. The SMILES string of the molecule is Brc1cn2ccnc2c(Oc2cccc3cccnc23)n1. The van der Waals surface area contributed by atoms with Crippen molar-refractivity contribution in [3.8, 4) is 11.6 Å². The van der Waals surface area contributed by atoms with Gasteiger partial charge in [0.1, 0.15) is 10.1 Å². The van der Waals surface area contributed by atoms with Crippen LogP contribution in [0, 0.1) is 0 Å². The Morgan fingerprint density at radius 3 is 2.90 bits per heavy atom. The molecule has 0 aliphatic heterocycles. The molecular weight excluding hydrogens is 332 g/mol. The fourth-order valence-electron chi connectivity index (χ4n) is 2.20. The van der Waals surface area contributed by atoms with Crippen LogP contribution in [0.3, 0.4) is 0 Å². The number of fused-ring (bicyclic) bond motifs is 2. The number of pyridine rings is 1. The number of benzene rings is 1. The Bertz CT molecular complexity index is 945. The van der Waals surface area contributed by atoms with E-state index in [0.717, 1.165) is 10.9 Å². The molecule has 0 aliphatic carbocycles. The summed E-state index contributed by atoms with van der Waals surface area (Å²) in [6.45, 7) is 0. The minimum atomic E-state index is 0.438. The Kier molecular flexibility index (Phi) is 2.82. The number of halogens is 1. The van der Waals surface area contributed by atoms with Crippen LogP contribution < -0.4 is 4.74 Å². The van der Waals surface area contributed by atoms with Crippen molar-refractivity contribution in [3.05, 3.63) is 59.7 Å². The van der Waals surface area contributed by atoms with E-state index in [4.69, 9.17) is 4.74 Å². The molecule has 4 aromatic rings. The van der Waals surface area contributed by atoms with Crippen LogP contribution in [0.4, 0.5) is 0 Å². The quantitative estimate of drug-likeness (QED) is 0.556. The highest BCUT2D eigenvalue weighted by Gasteiger charge is 2.11. The van der Waals surface area contributed by atoms with E-state index in [1.54, 1.807) is 12.4 Å². The average Bonchev–Trinajstić information content (AvgIpc) is 2.96. The smallest absolute Gasteiger partial charge is 0.265 e. The Morgan fingerprint density at radius 2 is 1.95 bits per heavy atom. The van der Waals surface area contributed by atoms with Crippen LogP contribution in [0.15, 0.2) is 59.7 Å². The van der Waals surface area contributed by atoms with Gasteiger partial charge in [-0.15, -0.1) is 0 Å². The molecule has 1 aromatic carbocycles. The first kappa shape index (κ1) is 12.3. The van der Waals surface area contributed by atoms with Crippen molar-refractivity contribution in [3.63, 3.8) is 0 Å². The third-order valence-electron chi connectivity index (χ3n) is 3.12. The van der Waals surface area contributed by atoms with E-state index in [9.17, 15) is 0 Å². The van der Waals surface area contributed by atoms with Gasteiger partial charge in [0, 0.05) is 30.2 Å². The van der Waals surface area contributed by atoms with Gasteiger partial charge in [-0.3, -0.25) is 9.38 Å². The summed E-state index contributed by atoms with van der Waals surface area (Å²) in [5.41, 5.74) is 1.46. The van der Waals surface area contributed by atoms with Crippen LogP contribution in [-0.4, -0.2) is 19.4 Å². The predicted molar refractivity (Wildman–Crippen MR) is 82.5 cm³/mol. The fourth-order valence-corrected chi connectivity index (χ4v) is 2.59. The molecule has 0 saturated heterocycles. The van der Waals surface area contributed by atoms with Gasteiger partial charge in [-0.25, -0.2) is 9.97 Å². The number of ether oxygens (including phenoxy) is 1. The van der Waals surface area contributed by atoms with Crippen molar-refractivity contribution in [2.24, 2.45) is 0 Å². The van der Waals surface area contributed by atoms with E-state index in [-0.39, 0.29) is 0 Å². The lowest BCUT2D eigenvalue weighted by Crippen LogP contribution is -1.95. The molecule has 4 rings (SSSR count). The minimum Gasteiger partial charge on any atom is -0.434 e. The van der Waals surface area contributed by atoms with Crippen LogP contribution >= 0.6 is 15.9 Å². The normalized spacial score (nSPS) is 11.1. The highest BCUT2D eigenvalue weighted by atomic mass is 79.9. The molecule has 102 valence electrons. The van der Waals surface area contributed by atoms with E-state index in [1.165, 1.54) is 0 Å². The van der Waals surface area contributed by atoms with Gasteiger partial charge in [-0.1, -0.05) is 18.2 Å². The van der Waals surface area contributed by atoms with Crippen LogP contribution in [0.5, 0.6) is 11.6 Å². The Hall–Kier alpha value is -2.47. The summed E-state index contributed by atoms with van der Waals surface area (Å²) in [4.78, 5) is 13.0. The number of hydrogen-bond acceptors (Lipinski definition) is 4. The minimum absolute atomic E-state index is 0.438. The molecule has 0 amide bonds. The first-order chi connectivity index (χ1) is 10.3. The zero-order valence-electron chi connectivity index (χ0n) is 10.8. The molecule has 0 atom stereocenters. The second kappa shape index (κ2) is 4.82. The highest BCUT2D eigenvalue weighted by molar-refractivity contribution is 9.10. The van der Waals surface area contributed by atoms with E-state index >= 15 is 0 Å². The number of hydrogen-bond donors (Lipinski definition) is 0. The van der Waals surface area contributed by atoms with Crippen molar-refractivity contribution in [2.75, 3.05) is 0 Å². The summed E-state index contributed by atoms with van der Waals surface area (Å²) < 4.78 is 8.49. The summed E-state index contributed by atoms with van der Waals surface area (Å²) >= 11 is 3.38. The summed E-state index contributed by atoms with van der Waals surface area (Å²) in [5.74, 6) is 1.09. The molecule has 0 N–H and O–H groups in total. The average molecular weight is 341 g/mol. The number of rotatable bonds is 2. The van der Waals surface area contributed by atoms with Crippen LogP contribution in [-0.2, 0) is 0 Å². The lowest BCUT2D eigenvalue weighted by molar-refractivity contribution is 0.468.